The Balaban J connectivity index is 1.92. The molecular formula is C17H17BrN4S. The minimum atomic E-state index is 0.839. The molecule has 1 fully saturated rings. The minimum absolute atomic E-state index is 0.839. The van der Waals surface area contributed by atoms with Crippen LogP contribution < -0.4 is 10.2 Å². The van der Waals surface area contributed by atoms with Crippen molar-refractivity contribution in [3.63, 3.8) is 0 Å². The lowest BCUT2D eigenvalue weighted by atomic mass is 10.1. The number of anilines is 1. The summed E-state index contributed by atoms with van der Waals surface area (Å²) in [5, 5.41) is 4.52. The lowest BCUT2D eigenvalue weighted by Gasteiger charge is -2.27. The van der Waals surface area contributed by atoms with E-state index in [0.29, 0.717) is 0 Å². The van der Waals surface area contributed by atoms with Gasteiger partial charge in [-0.15, -0.1) is 11.3 Å². The maximum absolute atomic E-state index is 4.93. The molecule has 0 spiro atoms. The number of rotatable bonds is 2. The van der Waals surface area contributed by atoms with Gasteiger partial charge in [0.1, 0.15) is 4.83 Å². The van der Waals surface area contributed by atoms with Gasteiger partial charge in [-0.3, -0.25) is 0 Å². The highest BCUT2D eigenvalue weighted by Gasteiger charge is 2.19. The van der Waals surface area contributed by atoms with E-state index in [4.69, 9.17) is 9.97 Å². The molecule has 0 bridgehead atoms. The van der Waals surface area contributed by atoms with Crippen LogP contribution in [0.5, 0.6) is 0 Å². The molecule has 1 saturated heterocycles. The number of aryl methyl sites for hydroxylation is 1. The summed E-state index contributed by atoms with van der Waals surface area (Å²) in [4.78, 5) is 14.4. The summed E-state index contributed by atoms with van der Waals surface area (Å²) in [6.07, 6.45) is 0. The number of fused-ring (bicyclic) bond motifs is 1. The van der Waals surface area contributed by atoms with E-state index < -0.39 is 0 Å². The Kier molecular flexibility index (Phi) is 4.05. The molecule has 1 N–H and O–H groups in total. The molecule has 0 atom stereocenters. The molecule has 0 saturated carbocycles. The zero-order chi connectivity index (χ0) is 15.8. The van der Waals surface area contributed by atoms with E-state index >= 15 is 0 Å². The van der Waals surface area contributed by atoms with E-state index in [1.807, 2.05) is 6.07 Å². The molecule has 0 amide bonds. The third-order valence-corrected chi connectivity index (χ3v) is 5.67. The second kappa shape index (κ2) is 6.19. The van der Waals surface area contributed by atoms with E-state index in [9.17, 15) is 0 Å². The summed E-state index contributed by atoms with van der Waals surface area (Å²) in [5.41, 5.74) is 2.13. The number of hydrogen-bond acceptors (Lipinski definition) is 5. The molecule has 0 aliphatic carbocycles. The molecule has 3 heterocycles. The minimum Gasteiger partial charge on any atom is -0.338 e. The van der Waals surface area contributed by atoms with E-state index in [1.165, 1.54) is 4.88 Å². The average Bonchev–Trinajstić information content (AvgIpc) is 2.95. The van der Waals surface area contributed by atoms with Crippen molar-refractivity contribution in [1.82, 2.24) is 15.3 Å². The molecule has 4 rings (SSSR count). The molecule has 118 valence electrons. The second-order valence-corrected chi connectivity index (χ2v) is 7.75. The Morgan fingerprint density at radius 1 is 1.17 bits per heavy atom. The summed E-state index contributed by atoms with van der Waals surface area (Å²) >= 11 is 5.40. The SMILES string of the molecule is Cc1cc2c(-c3ccccc3Br)nc(N3CCNCC3)nc2s1. The van der Waals surface area contributed by atoms with Crippen LogP contribution in [0.25, 0.3) is 21.5 Å². The van der Waals surface area contributed by atoms with E-state index in [2.05, 4.69) is 57.3 Å². The maximum Gasteiger partial charge on any atom is 0.227 e. The Bertz CT molecular complexity index is 855. The number of hydrogen-bond donors (Lipinski definition) is 1. The number of aromatic nitrogens is 2. The van der Waals surface area contributed by atoms with Crippen LogP contribution in [0.2, 0.25) is 0 Å². The largest absolute Gasteiger partial charge is 0.338 e. The van der Waals surface area contributed by atoms with Gasteiger partial charge in [0.25, 0.3) is 0 Å². The molecule has 0 unspecified atom stereocenters. The number of thiophene rings is 1. The highest BCUT2D eigenvalue weighted by molar-refractivity contribution is 9.10. The van der Waals surface area contributed by atoms with Crippen LogP contribution in [0, 0.1) is 6.92 Å². The zero-order valence-corrected chi connectivity index (χ0v) is 15.2. The van der Waals surface area contributed by atoms with Gasteiger partial charge in [-0.2, -0.15) is 0 Å². The third kappa shape index (κ3) is 2.86. The first kappa shape index (κ1) is 15.1. The first-order valence-corrected chi connectivity index (χ1v) is 9.32. The molecule has 1 aromatic carbocycles. The van der Waals surface area contributed by atoms with Gasteiger partial charge in [0, 0.05) is 46.5 Å². The fraction of sp³-hybridized carbons (Fsp3) is 0.294. The molecule has 1 aliphatic rings. The van der Waals surface area contributed by atoms with Gasteiger partial charge in [-0.05, 0) is 19.1 Å². The second-order valence-electron chi connectivity index (χ2n) is 5.66. The average molecular weight is 389 g/mol. The van der Waals surface area contributed by atoms with Gasteiger partial charge in [0.05, 0.1) is 5.69 Å². The van der Waals surface area contributed by atoms with Crippen molar-refractivity contribution >= 4 is 43.4 Å². The molecule has 3 aromatic rings. The Morgan fingerprint density at radius 2 is 1.96 bits per heavy atom. The van der Waals surface area contributed by atoms with Crippen molar-refractivity contribution in [2.24, 2.45) is 0 Å². The maximum atomic E-state index is 4.93. The molecule has 1 aliphatic heterocycles. The Hall–Kier alpha value is -1.50. The van der Waals surface area contributed by atoms with E-state index in [1.54, 1.807) is 11.3 Å². The standard InChI is InChI=1S/C17H17BrN4S/c1-11-10-13-15(12-4-2-3-5-14(12)18)20-17(21-16(13)23-11)22-8-6-19-7-9-22/h2-5,10,19H,6-9H2,1H3. The van der Waals surface area contributed by atoms with E-state index in [-0.39, 0.29) is 0 Å². The fourth-order valence-electron chi connectivity index (χ4n) is 2.90. The Labute approximate surface area is 147 Å². The number of nitrogens with one attached hydrogen (secondary N) is 1. The Morgan fingerprint density at radius 3 is 2.74 bits per heavy atom. The molecule has 6 heteroatoms. The molecule has 4 nitrogen and oxygen atoms in total. The van der Waals surface area contributed by atoms with Gasteiger partial charge in [-0.1, -0.05) is 34.1 Å². The highest BCUT2D eigenvalue weighted by atomic mass is 79.9. The number of benzene rings is 1. The smallest absolute Gasteiger partial charge is 0.227 e. The van der Waals surface area contributed by atoms with Crippen molar-refractivity contribution in [1.29, 1.82) is 0 Å². The van der Waals surface area contributed by atoms with Gasteiger partial charge >= 0.3 is 0 Å². The van der Waals surface area contributed by atoms with Crippen LogP contribution in [0.3, 0.4) is 0 Å². The first-order valence-electron chi connectivity index (χ1n) is 7.71. The number of piperazine rings is 1. The van der Waals surface area contributed by atoms with Crippen LogP contribution >= 0.6 is 27.3 Å². The van der Waals surface area contributed by atoms with Crippen LogP contribution in [-0.4, -0.2) is 36.1 Å². The number of nitrogens with zero attached hydrogens (tertiary/aromatic N) is 3. The number of halogens is 1. The monoisotopic (exact) mass is 388 g/mol. The third-order valence-electron chi connectivity index (χ3n) is 4.03. The predicted octanol–water partition coefficient (Wildman–Crippen LogP) is 3.84. The van der Waals surface area contributed by atoms with Gasteiger partial charge in [0.2, 0.25) is 5.95 Å². The van der Waals surface area contributed by atoms with Crippen molar-refractivity contribution in [3.8, 4) is 11.3 Å². The summed E-state index contributed by atoms with van der Waals surface area (Å²) in [7, 11) is 0. The van der Waals surface area contributed by atoms with Crippen molar-refractivity contribution in [2.45, 2.75) is 6.92 Å². The topological polar surface area (TPSA) is 41.1 Å². The van der Waals surface area contributed by atoms with Crippen molar-refractivity contribution < 1.29 is 0 Å². The molecule has 23 heavy (non-hydrogen) atoms. The van der Waals surface area contributed by atoms with Crippen molar-refractivity contribution in [2.75, 3.05) is 31.1 Å². The predicted molar refractivity (Wildman–Crippen MR) is 100 cm³/mol. The summed E-state index contributed by atoms with van der Waals surface area (Å²) in [5.74, 6) is 0.839. The van der Waals surface area contributed by atoms with Crippen LogP contribution in [0.4, 0.5) is 5.95 Å². The highest BCUT2D eigenvalue weighted by Crippen LogP contribution is 2.36. The lowest BCUT2D eigenvalue weighted by Crippen LogP contribution is -2.44. The van der Waals surface area contributed by atoms with Gasteiger partial charge < -0.3 is 10.2 Å². The lowest BCUT2D eigenvalue weighted by molar-refractivity contribution is 0.581. The summed E-state index contributed by atoms with van der Waals surface area (Å²) in [6, 6.07) is 10.4. The van der Waals surface area contributed by atoms with Crippen LogP contribution in [-0.2, 0) is 0 Å². The molecular weight excluding hydrogens is 372 g/mol. The quantitative estimate of drug-likeness (QED) is 0.723. The molecule has 2 aromatic heterocycles. The fourth-order valence-corrected chi connectivity index (χ4v) is 4.24. The first-order chi connectivity index (χ1) is 11.2. The van der Waals surface area contributed by atoms with Gasteiger partial charge in [0.15, 0.2) is 0 Å². The van der Waals surface area contributed by atoms with Crippen LogP contribution in [0.1, 0.15) is 4.88 Å². The van der Waals surface area contributed by atoms with E-state index in [0.717, 1.165) is 58.1 Å². The van der Waals surface area contributed by atoms with Gasteiger partial charge in [-0.25, -0.2) is 9.97 Å². The summed E-state index contributed by atoms with van der Waals surface area (Å²) in [6.45, 7) is 5.99. The van der Waals surface area contributed by atoms with Crippen LogP contribution in [0.15, 0.2) is 34.8 Å². The van der Waals surface area contributed by atoms with Crippen molar-refractivity contribution in [3.05, 3.63) is 39.7 Å². The molecule has 0 radical (unpaired) electrons. The summed E-state index contributed by atoms with van der Waals surface area (Å²) < 4.78 is 1.06. The normalized spacial score (nSPS) is 15.3. The zero-order valence-electron chi connectivity index (χ0n) is 12.8.